The van der Waals surface area contributed by atoms with Gasteiger partial charge in [-0.3, -0.25) is 0 Å². The maximum absolute atomic E-state index is 6.32. The summed E-state index contributed by atoms with van der Waals surface area (Å²) in [4.78, 5) is 0. The van der Waals surface area contributed by atoms with E-state index < -0.39 is 0 Å². The van der Waals surface area contributed by atoms with Gasteiger partial charge in [0.25, 0.3) is 0 Å². The van der Waals surface area contributed by atoms with Crippen LogP contribution in [0.4, 0.5) is 0 Å². The summed E-state index contributed by atoms with van der Waals surface area (Å²) in [5, 5.41) is 0. The van der Waals surface area contributed by atoms with Crippen LogP contribution in [-0.2, 0) is 11.3 Å². The maximum atomic E-state index is 6.32. The molecule has 1 aliphatic carbocycles. The number of nitrogens with two attached hydrogens (primary N) is 1. The number of rotatable bonds is 4. The molecular weight excluding hydrogens is 234 g/mol. The van der Waals surface area contributed by atoms with Crippen molar-refractivity contribution in [3.05, 3.63) is 34.9 Å². The zero-order valence-corrected chi connectivity index (χ0v) is 12.4. The van der Waals surface area contributed by atoms with E-state index in [4.69, 9.17) is 10.5 Å². The Morgan fingerprint density at radius 3 is 2.16 bits per heavy atom. The summed E-state index contributed by atoms with van der Waals surface area (Å²) in [7, 11) is 0. The van der Waals surface area contributed by atoms with Gasteiger partial charge in [0, 0.05) is 6.54 Å². The van der Waals surface area contributed by atoms with Crippen molar-refractivity contribution in [3.8, 4) is 0 Å². The van der Waals surface area contributed by atoms with Crippen LogP contribution in [0.2, 0.25) is 0 Å². The molecule has 1 aromatic carbocycles. The normalized spacial score (nSPS) is 19.1. The molecule has 2 nitrogen and oxygen atoms in total. The van der Waals surface area contributed by atoms with Crippen molar-refractivity contribution in [1.82, 2.24) is 0 Å². The first-order valence-corrected chi connectivity index (χ1v) is 7.56. The largest absolute Gasteiger partial charge is 0.369 e. The molecule has 0 saturated heterocycles. The molecule has 0 aromatic heterocycles. The number of ether oxygens (including phenoxy) is 1. The Bertz CT molecular complexity index is 385. The zero-order valence-electron chi connectivity index (χ0n) is 12.4. The third-order valence-electron chi connectivity index (χ3n) is 4.55. The highest BCUT2D eigenvalue weighted by atomic mass is 16.5. The van der Waals surface area contributed by atoms with Crippen molar-refractivity contribution in [2.75, 3.05) is 6.54 Å². The second-order valence-electron chi connectivity index (χ2n) is 5.96. The van der Waals surface area contributed by atoms with Crippen LogP contribution in [0.15, 0.2) is 18.2 Å². The van der Waals surface area contributed by atoms with E-state index in [1.807, 2.05) is 0 Å². The molecule has 1 fully saturated rings. The first kappa shape index (κ1) is 14.5. The number of benzene rings is 1. The lowest BCUT2D eigenvalue weighted by Crippen LogP contribution is -2.40. The molecule has 2 N–H and O–H groups in total. The zero-order chi connectivity index (χ0) is 13.7. The predicted molar refractivity (Wildman–Crippen MR) is 80.2 cm³/mol. The molecule has 0 spiro atoms. The van der Waals surface area contributed by atoms with Crippen LogP contribution < -0.4 is 5.73 Å². The minimum atomic E-state index is -0.0782. The van der Waals surface area contributed by atoms with Crippen LogP contribution in [0.3, 0.4) is 0 Å². The van der Waals surface area contributed by atoms with Gasteiger partial charge in [-0.15, -0.1) is 0 Å². The van der Waals surface area contributed by atoms with Crippen molar-refractivity contribution < 1.29 is 4.74 Å². The predicted octanol–water partition coefficient (Wildman–Crippen LogP) is 3.87. The molecule has 0 heterocycles. The molecule has 106 valence electrons. The van der Waals surface area contributed by atoms with Gasteiger partial charge in [0.05, 0.1) is 12.2 Å². The van der Waals surface area contributed by atoms with Gasteiger partial charge in [0.2, 0.25) is 0 Å². The third kappa shape index (κ3) is 3.58. The smallest absolute Gasteiger partial charge is 0.0808 e. The molecule has 0 aliphatic heterocycles. The third-order valence-corrected chi connectivity index (χ3v) is 4.55. The Kier molecular flexibility index (Phi) is 5.00. The molecule has 0 unspecified atom stereocenters. The van der Waals surface area contributed by atoms with Crippen molar-refractivity contribution >= 4 is 0 Å². The molecule has 1 aliphatic rings. The van der Waals surface area contributed by atoms with E-state index in [1.54, 1.807) is 0 Å². The summed E-state index contributed by atoms with van der Waals surface area (Å²) in [5.74, 6) is 0. The van der Waals surface area contributed by atoms with Gasteiger partial charge in [-0.25, -0.2) is 0 Å². The first-order valence-electron chi connectivity index (χ1n) is 7.56. The number of hydrogen-bond donors (Lipinski definition) is 1. The Morgan fingerprint density at radius 1 is 1.05 bits per heavy atom. The van der Waals surface area contributed by atoms with Crippen molar-refractivity contribution in [2.24, 2.45) is 5.73 Å². The second kappa shape index (κ2) is 6.53. The van der Waals surface area contributed by atoms with Gasteiger partial charge < -0.3 is 10.5 Å². The van der Waals surface area contributed by atoms with E-state index in [-0.39, 0.29) is 5.60 Å². The average Bonchev–Trinajstić information content (AvgIpc) is 2.64. The first-order chi connectivity index (χ1) is 9.17. The maximum Gasteiger partial charge on any atom is 0.0808 e. The summed E-state index contributed by atoms with van der Waals surface area (Å²) >= 11 is 0. The Balaban J connectivity index is 2.06. The highest BCUT2D eigenvalue weighted by Gasteiger charge is 2.30. The van der Waals surface area contributed by atoms with E-state index in [9.17, 15) is 0 Å². The summed E-state index contributed by atoms with van der Waals surface area (Å²) in [6.45, 7) is 5.68. The average molecular weight is 261 g/mol. The van der Waals surface area contributed by atoms with Gasteiger partial charge in [-0.2, -0.15) is 0 Å². The second-order valence-corrected chi connectivity index (χ2v) is 5.96. The van der Waals surface area contributed by atoms with Crippen LogP contribution in [-0.4, -0.2) is 12.1 Å². The lowest BCUT2D eigenvalue weighted by Gasteiger charge is -2.32. The van der Waals surface area contributed by atoms with Crippen LogP contribution in [0.25, 0.3) is 0 Å². The molecule has 0 atom stereocenters. The van der Waals surface area contributed by atoms with E-state index >= 15 is 0 Å². The number of hydrogen-bond acceptors (Lipinski definition) is 2. The fourth-order valence-electron chi connectivity index (χ4n) is 3.08. The highest BCUT2D eigenvalue weighted by molar-refractivity contribution is 5.32. The molecule has 0 radical (unpaired) electrons. The Labute approximate surface area is 117 Å². The van der Waals surface area contributed by atoms with Crippen LogP contribution >= 0.6 is 0 Å². The van der Waals surface area contributed by atoms with E-state index in [0.717, 1.165) is 12.8 Å². The minimum Gasteiger partial charge on any atom is -0.369 e. The highest BCUT2D eigenvalue weighted by Crippen LogP contribution is 2.31. The van der Waals surface area contributed by atoms with E-state index in [1.165, 1.54) is 42.4 Å². The van der Waals surface area contributed by atoms with Gasteiger partial charge in [0.1, 0.15) is 0 Å². The lowest BCUT2D eigenvalue weighted by molar-refractivity contribution is -0.0605. The molecule has 0 bridgehead atoms. The monoisotopic (exact) mass is 261 g/mol. The summed E-state index contributed by atoms with van der Waals surface area (Å²) in [6, 6.07) is 6.43. The van der Waals surface area contributed by atoms with Gasteiger partial charge in [-0.05, 0) is 43.4 Å². The van der Waals surface area contributed by atoms with Crippen LogP contribution in [0, 0.1) is 13.8 Å². The fourth-order valence-corrected chi connectivity index (χ4v) is 3.08. The van der Waals surface area contributed by atoms with E-state index in [0.29, 0.717) is 13.2 Å². The Morgan fingerprint density at radius 2 is 1.63 bits per heavy atom. The van der Waals surface area contributed by atoms with Crippen molar-refractivity contribution in [3.63, 3.8) is 0 Å². The molecule has 1 saturated carbocycles. The molecule has 19 heavy (non-hydrogen) atoms. The minimum absolute atomic E-state index is 0.0782. The summed E-state index contributed by atoms with van der Waals surface area (Å²) in [6.07, 6.45) is 7.40. The molecule has 0 amide bonds. The van der Waals surface area contributed by atoms with Crippen LogP contribution in [0.1, 0.15) is 55.2 Å². The van der Waals surface area contributed by atoms with Crippen molar-refractivity contribution in [2.45, 2.75) is 64.6 Å². The quantitative estimate of drug-likeness (QED) is 0.835. The van der Waals surface area contributed by atoms with Gasteiger partial charge in [-0.1, -0.05) is 43.9 Å². The summed E-state index contributed by atoms with van der Waals surface area (Å²) in [5.41, 5.74) is 9.92. The lowest BCUT2D eigenvalue weighted by atomic mass is 9.94. The standard InChI is InChI=1S/C17H27NO/c1-14-8-7-9-15(2)16(14)12-19-17(13-18)10-5-3-4-6-11-17/h7-9H,3-6,10-13,18H2,1-2H3. The van der Waals surface area contributed by atoms with Gasteiger partial charge >= 0.3 is 0 Å². The number of aryl methyl sites for hydroxylation is 2. The molecular formula is C17H27NO. The van der Waals surface area contributed by atoms with Crippen molar-refractivity contribution in [1.29, 1.82) is 0 Å². The molecule has 1 aromatic rings. The Hall–Kier alpha value is -0.860. The summed E-state index contributed by atoms with van der Waals surface area (Å²) < 4.78 is 6.32. The topological polar surface area (TPSA) is 35.2 Å². The molecule has 2 heteroatoms. The molecule has 2 rings (SSSR count). The van der Waals surface area contributed by atoms with Crippen LogP contribution in [0.5, 0.6) is 0 Å². The SMILES string of the molecule is Cc1cccc(C)c1COC1(CN)CCCCCC1. The fraction of sp³-hybridized carbons (Fsp3) is 0.647. The van der Waals surface area contributed by atoms with Gasteiger partial charge in [0.15, 0.2) is 0 Å². The van der Waals surface area contributed by atoms with E-state index in [2.05, 4.69) is 32.0 Å².